The average molecular weight is 442 g/mol. The van der Waals surface area contributed by atoms with Crippen molar-refractivity contribution in [3.05, 3.63) is 11.3 Å². The topological polar surface area (TPSA) is 132 Å². The molecule has 4 atom stereocenters. The van der Waals surface area contributed by atoms with Gasteiger partial charge in [-0.1, -0.05) is 6.92 Å². The van der Waals surface area contributed by atoms with Crippen molar-refractivity contribution >= 4 is 35.9 Å². The number of aliphatic imine (C=N–C) groups is 1. The van der Waals surface area contributed by atoms with Crippen LogP contribution in [0.3, 0.4) is 0 Å². The number of hydrogen-bond acceptors (Lipinski definition) is 8. The van der Waals surface area contributed by atoms with Crippen LogP contribution < -0.4 is 5.73 Å². The number of aliphatic hydroxyl groups is 1. The molecule has 0 aromatic carbocycles. The van der Waals surface area contributed by atoms with Crippen molar-refractivity contribution in [2.24, 2.45) is 22.1 Å². The highest BCUT2D eigenvalue weighted by atomic mass is 32.2. The van der Waals surface area contributed by atoms with Gasteiger partial charge in [-0.15, -0.1) is 0 Å². The Labute approximate surface area is 181 Å². The molecule has 0 aromatic heterocycles. The van der Waals surface area contributed by atoms with Crippen LogP contribution in [0.5, 0.6) is 0 Å². The molecule has 0 radical (unpaired) electrons. The molecule has 9 nitrogen and oxygen atoms in total. The van der Waals surface area contributed by atoms with Gasteiger partial charge in [0.25, 0.3) is 0 Å². The van der Waals surface area contributed by atoms with Gasteiger partial charge in [0.05, 0.1) is 36.4 Å². The zero-order valence-electron chi connectivity index (χ0n) is 18.1. The fourth-order valence-corrected chi connectivity index (χ4v) is 4.34. The predicted octanol–water partition coefficient (Wildman–Crippen LogP) is 1.05. The maximum Gasteiger partial charge on any atom is 0.357 e. The lowest BCUT2D eigenvalue weighted by Gasteiger charge is -2.44. The Hall–Kier alpha value is -2.07. The number of esters is 2. The van der Waals surface area contributed by atoms with Gasteiger partial charge < -0.3 is 25.2 Å². The maximum absolute atomic E-state index is 12.7. The highest BCUT2D eigenvalue weighted by Gasteiger charge is 2.56. The summed E-state index contributed by atoms with van der Waals surface area (Å²) in [5, 5.41) is 10.1. The van der Waals surface area contributed by atoms with Crippen molar-refractivity contribution in [1.82, 2.24) is 4.90 Å². The van der Waals surface area contributed by atoms with E-state index in [1.807, 2.05) is 6.92 Å². The Morgan fingerprint density at radius 2 is 2.03 bits per heavy atom. The second-order valence-corrected chi connectivity index (χ2v) is 9.99. The van der Waals surface area contributed by atoms with Crippen LogP contribution in [0.1, 0.15) is 41.0 Å². The molecular formula is C20H31N3O6S. The van der Waals surface area contributed by atoms with Crippen molar-refractivity contribution in [3.8, 4) is 0 Å². The lowest BCUT2D eigenvalue weighted by Crippen LogP contribution is -2.61. The fourth-order valence-electron chi connectivity index (χ4n) is 3.40. The lowest BCUT2D eigenvalue weighted by molar-refractivity contribution is -0.175. The number of rotatable bonds is 9. The quantitative estimate of drug-likeness (QED) is 0.178. The van der Waals surface area contributed by atoms with Gasteiger partial charge in [0.1, 0.15) is 5.70 Å². The van der Waals surface area contributed by atoms with Crippen molar-refractivity contribution < 1.29 is 29.0 Å². The first kappa shape index (κ1) is 24.2. The highest BCUT2D eigenvalue weighted by Crippen LogP contribution is 2.45. The largest absolute Gasteiger partial charge is 0.427 e. The van der Waals surface area contributed by atoms with Gasteiger partial charge >= 0.3 is 11.9 Å². The fraction of sp³-hybridized carbons (Fsp3) is 0.700. The first-order valence-corrected chi connectivity index (χ1v) is 10.9. The molecule has 2 heterocycles. The number of ether oxygens (including phenoxy) is 2. The molecule has 10 heteroatoms. The van der Waals surface area contributed by atoms with Gasteiger partial charge in [0.15, 0.2) is 0 Å². The Kier molecular flexibility index (Phi) is 7.93. The molecule has 2 rings (SSSR count). The minimum Gasteiger partial charge on any atom is -0.427 e. The molecule has 168 valence electrons. The summed E-state index contributed by atoms with van der Waals surface area (Å²) in [5.74, 6) is -1.52. The number of carbonyl (C=O) groups excluding carboxylic acids is 3. The molecule has 2 aliphatic heterocycles. The number of hydrogen-bond donors (Lipinski definition) is 2. The van der Waals surface area contributed by atoms with E-state index >= 15 is 0 Å². The number of β-lactam (4-membered cyclic amide) rings is 1. The Morgan fingerprint density at radius 1 is 1.37 bits per heavy atom. The second kappa shape index (κ2) is 9.82. The van der Waals surface area contributed by atoms with Crippen LogP contribution in [0, 0.1) is 11.3 Å². The minimum absolute atomic E-state index is 0.166. The van der Waals surface area contributed by atoms with E-state index in [-0.39, 0.29) is 22.9 Å². The van der Waals surface area contributed by atoms with Gasteiger partial charge in [-0.3, -0.25) is 14.6 Å². The summed E-state index contributed by atoms with van der Waals surface area (Å²) in [5.41, 5.74) is 5.53. The third-order valence-electron chi connectivity index (χ3n) is 5.02. The van der Waals surface area contributed by atoms with E-state index in [0.29, 0.717) is 18.7 Å². The molecule has 0 aromatic rings. The van der Waals surface area contributed by atoms with E-state index in [2.05, 4.69) is 4.99 Å². The lowest BCUT2D eigenvalue weighted by atomic mass is 9.83. The van der Waals surface area contributed by atoms with Crippen molar-refractivity contribution in [2.45, 2.75) is 58.4 Å². The average Bonchev–Trinajstić information content (AvgIpc) is 2.97. The van der Waals surface area contributed by atoms with E-state index in [0.717, 1.165) is 5.57 Å². The summed E-state index contributed by atoms with van der Waals surface area (Å²) in [6.45, 7) is 8.68. The minimum atomic E-state index is -0.798. The summed E-state index contributed by atoms with van der Waals surface area (Å²) in [4.78, 5) is 42.5. The number of fused-ring (bicyclic) bond motifs is 1. The highest BCUT2D eigenvalue weighted by molar-refractivity contribution is 8.00. The summed E-state index contributed by atoms with van der Waals surface area (Å²) in [7, 11) is 0. The molecule has 4 unspecified atom stereocenters. The number of aliphatic hydroxyl groups excluding tert-OH is 1. The van der Waals surface area contributed by atoms with E-state index in [4.69, 9.17) is 15.2 Å². The Bertz CT molecular complexity index is 743. The van der Waals surface area contributed by atoms with Crippen molar-refractivity contribution in [2.75, 3.05) is 19.1 Å². The predicted molar refractivity (Wildman–Crippen MR) is 113 cm³/mol. The van der Waals surface area contributed by atoms with Crippen LogP contribution in [-0.4, -0.2) is 70.7 Å². The van der Waals surface area contributed by atoms with Gasteiger partial charge in [-0.05, 0) is 39.7 Å². The third-order valence-corrected chi connectivity index (χ3v) is 6.25. The first-order chi connectivity index (χ1) is 14.0. The molecule has 3 N–H and O–H groups in total. The number of carbonyl (C=O) groups is 3. The first-order valence-electron chi connectivity index (χ1n) is 9.88. The molecule has 2 aliphatic rings. The summed E-state index contributed by atoms with van der Waals surface area (Å²) in [6, 6.07) is -0.259. The third kappa shape index (κ3) is 5.34. The maximum atomic E-state index is 12.7. The normalized spacial score (nSPS) is 23.3. The van der Waals surface area contributed by atoms with Crippen LogP contribution in [0.4, 0.5) is 0 Å². The van der Waals surface area contributed by atoms with Crippen molar-refractivity contribution in [1.29, 1.82) is 0 Å². The molecule has 1 fully saturated rings. The smallest absolute Gasteiger partial charge is 0.357 e. The molecular weight excluding hydrogens is 410 g/mol. The molecule has 30 heavy (non-hydrogen) atoms. The van der Waals surface area contributed by atoms with E-state index in [9.17, 15) is 19.5 Å². The summed E-state index contributed by atoms with van der Waals surface area (Å²) >= 11 is 1.59. The second-order valence-electron chi connectivity index (χ2n) is 8.57. The van der Waals surface area contributed by atoms with Crippen LogP contribution in [0.2, 0.25) is 0 Å². The van der Waals surface area contributed by atoms with E-state index < -0.39 is 36.2 Å². The zero-order chi connectivity index (χ0) is 22.6. The molecule has 0 saturated carbocycles. The SMILES string of the molecule is CC(CN=CN)SCC1=C(C(=O)OCOC(=O)C(C)(C)C)N2C(=O)C(C(C)O)C2C1. The number of thioether (sulfide) groups is 1. The van der Waals surface area contributed by atoms with E-state index in [1.165, 1.54) is 11.2 Å². The van der Waals surface area contributed by atoms with Crippen LogP contribution in [-0.2, 0) is 23.9 Å². The van der Waals surface area contributed by atoms with Gasteiger partial charge in [-0.2, -0.15) is 11.8 Å². The van der Waals surface area contributed by atoms with Gasteiger partial charge in [-0.25, -0.2) is 4.79 Å². The monoisotopic (exact) mass is 441 g/mol. The summed E-state index contributed by atoms with van der Waals surface area (Å²) < 4.78 is 10.1. The standard InChI is InChI=1S/C20H31N3O6S/c1-11(7-22-9-21)30-8-13-6-14-15(12(2)24)17(25)23(14)16(13)18(26)28-10-29-19(27)20(3,4)5/h9,11-12,14-15,24H,6-8,10H2,1-5H3,(H2,21,22). The zero-order valence-corrected chi connectivity index (χ0v) is 18.9. The van der Waals surface area contributed by atoms with Gasteiger partial charge in [0.2, 0.25) is 12.7 Å². The van der Waals surface area contributed by atoms with Crippen LogP contribution in [0.25, 0.3) is 0 Å². The summed E-state index contributed by atoms with van der Waals surface area (Å²) in [6.07, 6.45) is 0.951. The number of amides is 1. The van der Waals surface area contributed by atoms with Gasteiger partial charge in [0, 0.05) is 11.0 Å². The number of nitrogens with two attached hydrogens (primary N) is 1. The van der Waals surface area contributed by atoms with E-state index in [1.54, 1.807) is 39.5 Å². The molecule has 1 amide bonds. The van der Waals surface area contributed by atoms with Crippen LogP contribution in [0.15, 0.2) is 16.3 Å². The van der Waals surface area contributed by atoms with Crippen LogP contribution >= 0.6 is 11.8 Å². The van der Waals surface area contributed by atoms with Crippen molar-refractivity contribution in [3.63, 3.8) is 0 Å². The molecule has 1 saturated heterocycles. The molecule has 0 spiro atoms. The molecule has 0 bridgehead atoms. The number of nitrogens with zero attached hydrogens (tertiary/aromatic N) is 2. The molecule has 0 aliphatic carbocycles. The Morgan fingerprint density at radius 3 is 2.60 bits per heavy atom. The Balaban J connectivity index is 2.09.